The average Bonchev–Trinajstić information content (AvgIpc) is 4.12. The summed E-state index contributed by atoms with van der Waals surface area (Å²) in [7, 11) is 2.59. The maximum Gasteiger partial charge on any atom is 0.407 e. The summed E-state index contributed by atoms with van der Waals surface area (Å²) >= 11 is 0. The smallest absolute Gasteiger partial charge is 0.407 e. The molecule has 8 rings (SSSR count). The van der Waals surface area contributed by atoms with Gasteiger partial charge in [0.15, 0.2) is 0 Å². The standard InChI is InChI=1S/C48H54N8O6/c1-27(2)41(53-47(59)61-5)45(57)55-21-7-9-39(55)43-49-26-38(52-43)31-15-11-29(12-16-31)32-17-13-30-14-18-33(24-35(30)23-32)34-19-20-36-37(25-34)51-44(50-36)40-10-8-22-56(40)46(58)42(28(3)4)54-48(60)62-6/h11-20,23-28,39-42H,7-10,21-22H2,1-6H3,(H,49,52)(H,50,51)(H,53,59)(H,54,60). The number of nitrogens with zero attached hydrogens (tertiary/aromatic N) is 4. The summed E-state index contributed by atoms with van der Waals surface area (Å²) in [6.45, 7) is 8.82. The van der Waals surface area contributed by atoms with E-state index in [1.54, 1.807) is 0 Å². The number of likely N-dealkylation sites (tertiary alicyclic amines) is 2. The highest BCUT2D eigenvalue weighted by atomic mass is 16.5. The van der Waals surface area contributed by atoms with Gasteiger partial charge in [-0.05, 0) is 100 Å². The fourth-order valence-corrected chi connectivity index (χ4v) is 8.85. The highest BCUT2D eigenvalue weighted by molar-refractivity contribution is 5.93. The number of carbonyl (C=O) groups excluding carboxylic acids is 4. The molecule has 4 heterocycles. The Morgan fingerprint density at radius 2 is 1.13 bits per heavy atom. The van der Waals surface area contributed by atoms with Crippen molar-refractivity contribution in [2.24, 2.45) is 11.8 Å². The van der Waals surface area contributed by atoms with Crippen molar-refractivity contribution in [2.45, 2.75) is 77.5 Å². The van der Waals surface area contributed by atoms with Gasteiger partial charge < -0.3 is 39.9 Å². The molecule has 0 spiro atoms. The number of hydrogen-bond donors (Lipinski definition) is 4. The van der Waals surface area contributed by atoms with Gasteiger partial charge in [-0.2, -0.15) is 0 Å². The quantitative estimate of drug-likeness (QED) is 0.100. The molecule has 6 aromatic rings. The van der Waals surface area contributed by atoms with Crippen LogP contribution in [0.4, 0.5) is 9.59 Å². The van der Waals surface area contributed by atoms with Crippen LogP contribution in [-0.4, -0.2) is 93.1 Å². The molecule has 4 N–H and O–H groups in total. The molecule has 2 aliphatic rings. The van der Waals surface area contributed by atoms with Crippen LogP contribution in [0.25, 0.3) is 55.3 Å². The number of rotatable bonds is 11. The summed E-state index contributed by atoms with van der Waals surface area (Å²) in [5.74, 6) is 0.978. The van der Waals surface area contributed by atoms with Gasteiger partial charge in [0.05, 0.1) is 49.2 Å². The highest BCUT2D eigenvalue weighted by Gasteiger charge is 2.39. The Hall–Kier alpha value is -6.70. The second-order valence-corrected chi connectivity index (χ2v) is 17.0. The lowest BCUT2D eigenvalue weighted by Gasteiger charge is -2.30. The van der Waals surface area contributed by atoms with Gasteiger partial charge >= 0.3 is 12.2 Å². The van der Waals surface area contributed by atoms with Crippen molar-refractivity contribution >= 4 is 45.8 Å². The van der Waals surface area contributed by atoms with E-state index < -0.39 is 24.3 Å². The third kappa shape index (κ3) is 8.46. The van der Waals surface area contributed by atoms with Gasteiger partial charge in [0.2, 0.25) is 11.8 Å². The summed E-state index contributed by atoms with van der Waals surface area (Å²) in [4.78, 5) is 71.6. The minimum atomic E-state index is -0.694. The molecule has 4 atom stereocenters. The number of imidazole rings is 2. The first kappa shape index (κ1) is 42.0. The normalized spacial score (nSPS) is 17.5. The average molecular weight is 839 g/mol. The lowest BCUT2D eigenvalue weighted by atomic mass is 9.97. The number of alkyl carbamates (subject to hydrolysis) is 2. The maximum absolute atomic E-state index is 13.7. The molecule has 0 aliphatic carbocycles. The van der Waals surface area contributed by atoms with Crippen LogP contribution in [0.15, 0.2) is 85.1 Å². The Bertz CT molecular complexity index is 2620. The predicted molar refractivity (Wildman–Crippen MR) is 238 cm³/mol. The zero-order chi connectivity index (χ0) is 43.7. The summed E-state index contributed by atoms with van der Waals surface area (Å²) in [5, 5.41) is 7.67. The van der Waals surface area contributed by atoms with Gasteiger partial charge in [-0.15, -0.1) is 0 Å². The number of H-pyrrole nitrogens is 2. The molecule has 0 saturated carbocycles. The van der Waals surface area contributed by atoms with E-state index >= 15 is 0 Å². The topological polar surface area (TPSA) is 175 Å². The molecule has 62 heavy (non-hydrogen) atoms. The Morgan fingerprint density at radius 1 is 0.629 bits per heavy atom. The van der Waals surface area contributed by atoms with E-state index in [1.807, 2.05) is 49.8 Å². The minimum Gasteiger partial charge on any atom is -0.453 e. The SMILES string of the molecule is COC(=O)NC(C(=O)N1CCCC1c1ncc(-c2ccc(-c3ccc4ccc(-c5ccc6nc(C7CCCN7C(=O)C(NC(=O)OC)C(C)C)[nH]c6c5)cc4c3)cc2)[nH]1)C(C)C. The molecule has 322 valence electrons. The first-order chi connectivity index (χ1) is 29.9. The molecule has 0 radical (unpaired) electrons. The third-order valence-corrected chi connectivity index (χ3v) is 12.3. The summed E-state index contributed by atoms with van der Waals surface area (Å²) in [6, 6.07) is 25.8. The fourth-order valence-electron chi connectivity index (χ4n) is 8.85. The molecule has 2 saturated heterocycles. The first-order valence-electron chi connectivity index (χ1n) is 21.4. The zero-order valence-electron chi connectivity index (χ0n) is 36.0. The molecule has 4 unspecified atom stereocenters. The highest BCUT2D eigenvalue weighted by Crippen LogP contribution is 2.36. The third-order valence-electron chi connectivity index (χ3n) is 12.3. The number of carbonyl (C=O) groups is 4. The van der Waals surface area contributed by atoms with Crippen LogP contribution in [0.2, 0.25) is 0 Å². The van der Waals surface area contributed by atoms with E-state index in [2.05, 4.69) is 93.4 Å². The van der Waals surface area contributed by atoms with Crippen molar-refractivity contribution in [3.8, 4) is 33.5 Å². The lowest BCUT2D eigenvalue weighted by Crippen LogP contribution is -2.51. The summed E-state index contributed by atoms with van der Waals surface area (Å²) in [6.07, 6.45) is 3.83. The molecule has 14 heteroatoms. The van der Waals surface area contributed by atoms with Crippen LogP contribution in [-0.2, 0) is 19.1 Å². The van der Waals surface area contributed by atoms with Crippen molar-refractivity contribution in [2.75, 3.05) is 27.3 Å². The van der Waals surface area contributed by atoms with Gasteiger partial charge in [0.1, 0.15) is 23.7 Å². The van der Waals surface area contributed by atoms with Gasteiger partial charge in [0.25, 0.3) is 0 Å². The molecule has 14 nitrogen and oxygen atoms in total. The van der Waals surface area contributed by atoms with Crippen molar-refractivity contribution in [3.05, 3.63) is 96.7 Å². The number of aromatic nitrogens is 4. The van der Waals surface area contributed by atoms with E-state index in [0.29, 0.717) is 13.1 Å². The largest absolute Gasteiger partial charge is 0.453 e. The van der Waals surface area contributed by atoms with E-state index in [9.17, 15) is 19.2 Å². The zero-order valence-corrected chi connectivity index (χ0v) is 36.0. The summed E-state index contributed by atoms with van der Waals surface area (Å²) in [5.41, 5.74) is 7.87. The molecule has 0 bridgehead atoms. The van der Waals surface area contributed by atoms with Crippen LogP contribution in [0.3, 0.4) is 0 Å². The van der Waals surface area contributed by atoms with Crippen molar-refractivity contribution in [1.82, 2.24) is 40.4 Å². The van der Waals surface area contributed by atoms with Crippen LogP contribution >= 0.6 is 0 Å². The molecule has 4 amide bonds. The number of fused-ring (bicyclic) bond motifs is 2. The van der Waals surface area contributed by atoms with Gasteiger partial charge in [-0.3, -0.25) is 9.59 Å². The fraction of sp³-hybridized carbons (Fsp3) is 0.375. The molecule has 2 fully saturated rings. The maximum atomic E-state index is 13.7. The first-order valence-corrected chi connectivity index (χ1v) is 21.4. The number of amides is 4. The number of methoxy groups -OCH3 is 2. The van der Waals surface area contributed by atoms with Crippen molar-refractivity contribution in [3.63, 3.8) is 0 Å². The van der Waals surface area contributed by atoms with E-state index in [4.69, 9.17) is 19.4 Å². The summed E-state index contributed by atoms with van der Waals surface area (Å²) < 4.78 is 9.56. The Labute approximate surface area is 360 Å². The molecule has 4 aromatic carbocycles. The van der Waals surface area contributed by atoms with Gasteiger partial charge in [-0.25, -0.2) is 19.6 Å². The number of hydrogen-bond acceptors (Lipinski definition) is 8. The van der Waals surface area contributed by atoms with E-state index in [0.717, 1.165) is 92.6 Å². The lowest BCUT2D eigenvalue weighted by molar-refractivity contribution is -0.136. The Balaban J connectivity index is 0.976. The number of nitrogens with one attached hydrogen (secondary N) is 4. The second kappa shape index (κ2) is 17.7. The predicted octanol–water partition coefficient (Wildman–Crippen LogP) is 8.53. The minimum absolute atomic E-state index is 0.107. The van der Waals surface area contributed by atoms with Crippen LogP contribution in [0.5, 0.6) is 0 Å². The van der Waals surface area contributed by atoms with Crippen LogP contribution in [0.1, 0.15) is 77.1 Å². The van der Waals surface area contributed by atoms with Crippen molar-refractivity contribution < 1.29 is 28.7 Å². The monoisotopic (exact) mass is 838 g/mol. The van der Waals surface area contributed by atoms with Crippen LogP contribution < -0.4 is 10.6 Å². The van der Waals surface area contributed by atoms with Crippen LogP contribution in [0, 0.1) is 11.8 Å². The molecular formula is C48H54N8O6. The number of aromatic amines is 2. The van der Waals surface area contributed by atoms with E-state index in [1.165, 1.54) is 14.2 Å². The number of ether oxygens (including phenoxy) is 2. The van der Waals surface area contributed by atoms with E-state index in [-0.39, 0.29) is 35.7 Å². The Morgan fingerprint density at radius 3 is 1.69 bits per heavy atom. The molecule has 2 aliphatic heterocycles. The molecular weight excluding hydrogens is 785 g/mol. The van der Waals surface area contributed by atoms with Gasteiger partial charge in [-0.1, -0.05) is 82.3 Å². The van der Waals surface area contributed by atoms with Gasteiger partial charge in [0, 0.05) is 13.1 Å². The second-order valence-electron chi connectivity index (χ2n) is 17.0. The Kier molecular flexibility index (Phi) is 12.0. The number of benzene rings is 4. The molecule has 2 aromatic heterocycles. The van der Waals surface area contributed by atoms with Crippen molar-refractivity contribution in [1.29, 1.82) is 0 Å².